The van der Waals surface area contributed by atoms with Crippen LogP contribution in [0.1, 0.15) is 24.0 Å². The monoisotopic (exact) mass is 1320 g/mol. The number of rotatable bonds is 6. The summed E-state index contributed by atoms with van der Waals surface area (Å²) in [6, 6.07) is 73.9. The fourth-order valence-corrected chi connectivity index (χ4v) is 15.5. The number of hydrogen-bond donors (Lipinski definition) is 0. The predicted molar refractivity (Wildman–Crippen MR) is 294 cm³/mol. The first-order valence-corrected chi connectivity index (χ1v) is 26.0. The van der Waals surface area contributed by atoms with Crippen LogP contribution in [0, 0.1) is 24.7 Å². The third kappa shape index (κ3) is 10.3. The molecule has 12 aromatic rings. The van der Waals surface area contributed by atoms with Gasteiger partial charge < -0.3 is 26.1 Å². The molecule has 0 amide bonds. The molecule has 9 aromatic carbocycles. The van der Waals surface area contributed by atoms with Gasteiger partial charge in [-0.2, -0.15) is 0 Å². The summed E-state index contributed by atoms with van der Waals surface area (Å²) in [5, 5.41) is 15.3. The zero-order chi connectivity index (χ0) is 46.5. The van der Waals surface area contributed by atoms with E-state index in [0.717, 1.165) is 79.0 Å². The normalized spacial score (nSPS) is 12.2. The maximum absolute atomic E-state index is 7.10. The van der Waals surface area contributed by atoms with Crippen LogP contribution in [0.5, 0.6) is 0 Å². The molecule has 71 heavy (non-hydrogen) atoms. The van der Waals surface area contributed by atoms with Crippen molar-refractivity contribution in [3.63, 3.8) is 0 Å². The van der Waals surface area contributed by atoms with Crippen molar-refractivity contribution < 1.29 is 58.0 Å². The fraction of sp³-hybridized carbons (Fsp3) is 0.0312. The van der Waals surface area contributed by atoms with Gasteiger partial charge in [0.1, 0.15) is 75.9 Å². The fourth-order valence-electron chi connectivity index (χ4n) is 9.36. The summed E-state index contributed by atoms with van der Waals surface area (Å²) in [7, 11) is -2.58. The molecule has 3 nitrogen and oxygen atoms in total. The number of benzene rings is 9. The molecule has 0 spiro atoms. The van der Waals surface area contributed by atoms with E-state index in [4.69, 9.17) is 26.1 Å². The molecule has 348 valence electrons. The largest absolute Gasteiger partial charge is 1.00 e. The van der Waals surface area contributed by atoms with Crippen molar-refractivity contribution >= 4 is 108 Å². The Balaban J connectivity index is 0.000000159. The third-order valence-electron chi connectivity index (χ3n) is 12.6. The number of furan rings is 3. The quantitative estimate of drug-likeness (QED) is 0.0721. The minimum atomic E-state index is -1.30. The minimum Gasteiger partial charge on any atom is -0.458 e. The molecule has 0 fully saturated rings. The van der Waals surface area contributed by atoms with Gasteiger partial charge in [0.2, 0.25) is 0 Å². The number of hydrogen-bond acceptors (Lipinski definition) is 3. The third-order valence-corrected chi connectivity index (χ3v) is 18.4. The molecule has 1 unspecified atom stereocenters. The Hall–Kier alpha value is -6.68. The van der Waals surface area contributed by atoms with E-state index >= 15 is 0 Å². The van der Waals surface area contributed by atoms with Crippen LogP contribution in [0.4, 0.5) is 0 Å². The Morgan fingerprint density at radius 1 is 0.352 bits per heavy atom. The van der Waals surface area contributed by atoms with Crippen LogP contribution in [-0.2, 0) is 44.8 Å². The maximum Gasteiger partial charge on any atom is 1.00 e. The van der Waals surface area contributed by atoms with Crippen LogP contribution in [0.2, 0.25) is 0 Å². The number of fused-ring (bicyclic) bond motifs is 9. The molecule has 0 radical (unpaired) electrons. The predicted octanol–water partition coefficient (Wildman–Crippen LogP) is 14.5. The second-order valence-electron chi connectivity index (χ2n) is 16.8. The van der Waals surface area contributed by atoms with Crippen molar-refractivity contribution in [2.75, 3.05) is 0 Å². The second-order valence-corrected chi connectivity index (χ2v) is 21.7. The van der Waals surface area contributed by atoms with Crippen molar-refractivity contribution in [1.29, 1.82) is 0 Å². The standard InChI is InChI=1S/C36H28OP2.2C14H7O.2Au/c1-5-15-27(16-6-1)38(28-17-7-2-8-18-28)35-25-32-31-23-13-14-24-33(31)37-34(32)26-36(35)39(29-19-9-3-10-20-29)30-21-11-4-12-22-30;1-2-10-7-8-14-12(9-10)11-5-3-4-6-13(11)15-14;1-2-10-7-8-12-11-5-3-4-6-13(11)15-14(12)9-10;;/h1-3,5-11,13-26H,4,12H2;2*3-9H;;/q;2*-1;2*+1/p+2. The van der Waals surface area contributed by atoms with Crippen molar-refractivity contribution in [3.05, 3.63) is 260 Å². The number of para-hydroxylation sites is 3. The van der Waals surface area contributed by atoms with Crippen LogP contribution in [0.25, 0.3) is 65.8 Å². The zero-order valence-electron chi connectivity index (χ0n) is 38.2. The average molecular weight is 1320 g/mol. The van der Waals surface area contributed by atoms with E-state index in [2.05, 4.69) is 157 Å². The molecule has 3 heterocycles. The van der Waals surface area contributed by atoms with E-state index in [-0.39, 0.29) is 44.8 Å². The molecule has 1 aliphatic carbocycles. The Kier molecular flexibility index (Phi) is 15.7. The van der Waals surface area contributed by atoms with Gasteiger partial charge in [0.05, 0.1) is 5.31 Å². The minimum absolute atomic E-state index is 0. The van der Waals surface area contributed by atoms with E-state index < -0.39 is 15.8 Å². The van der Waals surface area contributed by atoms with Gasteiger partial charge in [-0.25, -0.2) is 0 Å². The smallest absolute Gasteiger partial charge is 0.458 e. The van der Waals surface area contributed by atoms with Crippen molar-refractivity contribution in [2.45, 2.75) is 12.8 Å². The first kappa shape index (κ1) is 49.3. The summed E-state index contributed by atoms with van der Waals surface area (Å²) in [5.41, 5.74) is 6.88. The van der Waals surface area contributed by atoms with Gasteiger partial charge >= 0.3 is 44.8 Å². The SMILES string of the molecule is C1=CC([PH+](c2ccccc2)c2cc3oc4ccccc4c3cc2[PH+](c2ccccc2)c2ccccc2)=CCC1.[Au+].[Au+].[C-]#Cc1ccc2c(c1)oc1ccccc12.[C-]#Cc1ccc2oc3ccccc3c2c1. The zero-order valence-corrected chi connectivity index (χ0v) is 44.5. The molecule has 0 saturated heterocycles. The van der Waals surface area contributed by atoms with Gasteiger partial charge in [0.15, 0.2) is 0 Å². The topological polar surface area (TPSA) is 39.4 Å². The van der Waals surface area contributed by atoms with Gasteiger partial charge in [0, 0.05) is 38.4 Å². The Bertz CT molecular complexity index is 3900. The molecule has 13 rings (SSSR count). The van der Waals surface area contributed by atoms with E-state index in [0.29, 0.717) is 0 Å². The van der Waals surface area contributed by atoms with Gasteiger partial charge in [-0.3, -0.25) is 11.8 Å². The van der Waals surface area contributed by atoms with Gasteiger partial charge in [-0.1, -0.05) is 127 Å². The summed E-state index contributed by atoms with van der Waals surface area (Å²) in [6.45, 7) is 0. The molecule has 1 atom stereocenters. The average Bonchev–Trinajstić information content (AvgIpc) is 4.11. The van der Waals surface area contributed by atoms with Crippen molar-refractivity contribution in [2.24, 2.45) is 0 Å². The summed E-state index contributed by atoms with van der Waals surface area (Å²) < 4.78 is 17.8. The van der Waals surface area contributed by atoms with Crippen molar-refractivity contribution in [3.8, 4) is 11.8 Å². The van der Waals surface area contributed by atoms with E-state index in [1.165, 1.54) is 42.6 Å². The van der Waals surface area contributed by atoms with Crippen LogP contribution >= 0.6 is 15.8 Å². The van der Waals surface area contributed by atoms with Gasteiger partial charge in [-0.05, 0) is 91.7 Å². The first-order valence-electron chi connectivity index (χ1n) is 23.0. The number of allylic oxidation sites excluding steroid dienone is 4. The van der Waals surface area contributed by atoms with Crippen LogP contribution in [-0.4, -0.2) is 0 Å². The molecule has 3 aromatic heterocycles. The molecule has 7 heteroatoms. The van der Waals surface area contributed by atoms with E-state index in [1.54, 1.807) is 0 Å². The molecule has 1 aliphatic rings. The summed E-state index contributed by atoms with van der Waals surface area (Å²) in [4.78, 5) is 0. The van der Waals surface area contributed by atoms with Gasteiger partial charge in [-0.15, -0.1) is 29.3 Å². The molecule has 0 bridgehead atoms. The Labute approximate surface area is 447 Å². The molecule has 0 saturated carbocycles. The first-order chi connectivity index (χ1) is 34.1. The molecular formula is C64H44Au2O3P2+2. The maximum atomic E-state index is 7.10. The van der Waals surface area contributed by atoms with E-state index in [1.807, 2.05) is 84.9 Å². The van der Waals surface area contributed by atoms with Crippen LogP contribution in [0.15, 0.2) is 249 Å². The van der Waals surface area contributed by atoms with Gasteiger partial charge in [0.25, 0.3) is 0 Å². The Morgan fingerprint density at radius 2 is 0.761 bits per heavy atom. The summed E-state index contributed by atoms with van der Waals surface area (Å²) in [6.07, 6.45) is 23.6. The van der Waals surface area contributed by atoms with Crippen LogP contribution < -0.4 is 26.5 Å². The van der Waals surface area contributed by atoms with Crippen LogP contribution in [0.3, 0.4) is 0 Å². The van der Waals surface area contributed by atoms with Crippen molar-refractivity contribution in [1.82, 2.24) is 0 Å². The summed E-state index contributed by atoms with van der Waals surface area (Å²) in [5.74, 6) is 4.74. The summed E-state index contributed by atoms with van der Waals surface area (Å²) >= 11 is 0. The Morgan fingerprint density at radius 3 is 1.30 bits per heavy atom. The molecule has 0 aliphatic heterocycles. The molecular weight excluding hydrogens is 1270 g/mol. The molecule has 0 N–H and O–H groups in total. The second kappa shape index (κ2) is 22.6. The van der Waals surface area contributed by atoms with E-state index in [9.17, 15) is 0 Å².